The minimum atomic E-state index is -1.01. The lowest BCUT2D eigenvalue weighted by Gasteiger charge is -2.36. The number of hydrogen-bond donors (Lipinski definition) is 2. The van der Waals surface area contributed by atoms with E-state index in [2.05, 4.69) is 18.8 Å². The van der Waals surface area contributed by atoms with Crippen LogP contribution in [0.1, 0.15) is 93.6 Å². The Kier molecular flexibility index (Phi) is 10.6. The van der Waals surface area contributed by atoms with Crippen LogP contribution >= 0.6 is 11.3 Å². The lowest BCUT2D eigenvalue weighted by Crippen LogP contribution is -2.42. The maximum atomic E-state index is 13.9. The number of anilines is 1. The van der Waals surface area contributed by atoms with Crippen molar-refractivity contribution in [2.75, 3.05) is 25.1 Å². The van der Waals surface area contributed by atoms with Crippen molar-refractivity contribution in [2.24, 2.45) is 28.9 Å². The molecule has 0 radical (unpaired) electrons. The summed E-state index contributed by atoms with van der Waals surface area (Å²) in [5.41, 5.74) is 6.01. The van der Waals surface area contributed by atoms with Gasteiger partial charge in [0.15, 0.2) is 6.29 Å². The third-order valence-electron chi connectivity index (χ3n) is 7.42. The smallest absolute Gasteiger partial charge is 0.348 e. The fourth-order valence-corrected chi connectivity index (χ4v) is 6.06. The van der Waals surface area contributed by atoms with Crippen molar-refractivity contribution in [3.05, 3.63) is 15.8 Å². The Labute approximate surface area is 226 Å². The average molecular weight is 533 g/mol. The van der Waals surface area contributed by atoms with Crippen LogP contribution in [0, 0.1) is 35.0 Å². The van der Waals surface area contributed by atoms with E-state index >= 15 is 0 Å². The Hall–Kier alpha value is -1.92. The zero-order chi connectivity index (χ0) is 27.2. The molecule has 2 aliphatic rings. The third kappa shape index (κ3) is 8.54. The predicted molar refractivity (Wildman–Crippen MR) is 148 cm³/mol. The molecule has 1 unspecified atom stereocenters. The number of methoxy groups -OCH3 is 1. The first-order chi connectivity index (χ1) is 17.5. The number of nitrogens with two attached hydrogens (primary N) is 1. The van der Waals surface area contributed by atoms with Gasteiger partial charge in [0.1, 0.15) is 4.88 Å². The molecule has 8 heteroatoms. The molecule has 3 rings (SSSR count). The van der Waals surface area contributed by atoms with Gasteiger partial charge < -0.3 is 25.2 Å². The van der Waals surface area contributed by atoms with Crippen LogP contribution in [-0.4, -0.2) is 49.6 Å². The summed E-state index contributed by atoms with van der Waals surface area (Å²) >= 11 is 1.16. The maximum Gasteiger partial charge on any atom is 0.348 e. The summed E-state index contributed by atoms with van der Waals surface area (Å²) in [4.78, 5) is 28.8. The van der Waals surface area contributed by atoms with E-state index in [1.54, 1.807) is 12.0 Å². The van der Waals surface area contributed by atoms with Crippen molar-refractivity contribution in [1.29, 1.82) is 0 Å². The van der Waals surface area contributed by atoms with Crippen molar-refractivity contribution < 1.29 is 24.2 Å². The van der Waals surface area contributed by atoms with Crippen molar-refractivity contribution in [3.8, 4) is 11.8 Å². The van der Waals surface area contributed by atoms with Crippen LogP contribution in [0.3, 0.4) is 0 Å². The summed E-state index contributed by atoms with van der Waals surface area (Å²) in [6.45, 7) is 9.14. The largest absolute Gasteiger partial charge is 0.477 e. The third-order valence-corrected chi connectivity index (χ3v) is 8.45. The molecule has 1 amide bonds. The van der Waals surface area contributed by atoms with Gasteiger partial charge in [-0.25, -0.2) is 4.79 Å². The zero-order valence-corrected chi connectivity index (χ0v) is 23.9. The van der Waals surface area contributed by atoms with Crippen molar-refractivity contribution in [3.63, 3.8) is 0 Å². The van der Waals surface area contributed by atoms with Crippen LogP contribution in [0.15, 0.2) is 6.07 Å². The second kappa shape index (κ2) is 13.2. The van der Waals surface area contributed by atoms with Crippen LogP contribution in [0.4, 0.5) is 5.69 Å². The van der Waals surface area contributed by atoms with Crippen LogP contribution in [0.25, 0.3) is 0 Å². The fraction of sp³-hybridized carbons (Fsp3) is 0.724. The number of thiophene rings is 1. The Bertz CT molecular complexity index is 969. The average Bonchev–Trinajstić information content (AvgIpc) is 3.29. The molecule has 7 nitrogen and oxygen atoms in total. The first-order valence-corrected chi connectivity index (χ1v) is 14.4. The van der Waals surface area contributed by atoms with Gasteiger partial charge in [-0.2, -0.15) is 0 Å². The van der Waals surface area contributed by atoms with Crippen LogP contribution < -0.4 is 10.6 Å². The lowest BCUT2D eigenvalue weighted by molar-refractivity contribution is -0.157. The summed E-state index contributed by atoms with van der Waals surface area (Å²) < 4.78 is 11.2. The molecule has 0 aromatic carbocycles. The standard InChI is InChI=1S/C29H44N2O5S/c1-19-6-10-21(11-7-19)27(32)31(18-20-8-12-22(13-9-20)36-25(17-30)35-5)24-16-23(14-15-29(2,3)4)37-26(24)28(33)34/h16,19-22,25H,6-13,17-18,30H2,1-5H3,(H,33,34). The summed E-state index contributed by atoms with van der Waals surface area (Å²) in [6, 6.07) is 1.81. The highest BCUT2D eigenvalue weighted by molar-refractivity contribution is 7.15. The predicted octanol–water partition coefficient (Wildman–Crippen LogP) is 5.51. The maximum absolute atomic E-state index is 13.9. The van der Waals surface area contributed by atoms with E-state index in [-0.39, 0.29) is 34.1 Å². The molecule has 0 saturated heterocycles. The SMILES string of the molecule is COC(CN)OC1CCC(CN(C(=O)C2CCC(C)CC2)c2cc(C#CC(C)(C)C)sc2C(=O)O)CC1. The monoisotopic (exact) mass is 532 g/mol. The molecule has 2 fully saturated rings. The molecule has 37 heavy (non-hydrogen) atoms. The van der Waals surface area contributed by atoms with Gasteiger partial charge in [-0.3, -0.25) is 4.79 Å². The molecule has 2 aliphatic carbocycles. The zero-order valence-electron chi connectivity index (χ0n) is 23.0. The molecule has 0 aliphatic heterocycles. The van der Waals surface area contributed by atoms with Gasteiger partial charge >= 0.3 is 5.97 Å². The number of carbonyl (C=O) groups excluding carboxylic acids is 1. The van der Waals surface area contributed by atoms with Gasteiger partial charge in [0.2, 0.25) is 5.91 Å². The first kappa shape index (κ1) is 29.6. The van der Waals surface area contributed by atoms with E-state index in [0.29, 0.717) is 29.6 Å². The summed E-state index contributed by atoms with van der Waals surface area (Å²) in [5, 5.41) is 10.0. The molecule has 3 N–H and O–H groups in total. The number of aromatic carboxylic acids is 1. The number of rotatable bonds is 9. The molecule has 0 spiro atoms. The van der Waals surface area contributed by atoms with Gasteiger partial charge in [0.05, 0.1) is 16.7 Å². The van der Waals surface area contributed by atoms with E-state index in [4.69, 9.17) is 15.2 Å². The molecule has 1 atom stereocenters. The summed E-state index contributed by atoms with van der Waals surface area (Å²) in [5.74, 6) is 6.24. The lowest BCUT2D eigenvalue weighted by atomic mass is 9.81. The number of ether oxygens (including phenoxy) is 2. The minimum absolute atomic E-state index is 0.0588. The fourth-order valence-electron chi connectivity index (χ4n) is 5.21. The molecule has 0 bridgehead atoms. The number of amides is 1. The second-order valence-electron chi connectivity index (χ2n) is 11.7. The molecule has 2 saturated carbocycles. The first-order valence-electron chi connectivity index (χ1n) is 13.6. The van der Waals surface area contributed by atoms with Gasteiger partial charge in [0.25, 0.3) is 0 Å². The van der Waals surface area contributed by atoms with Gasteiger partial charge in [0, 0.05) is 31.5 Å². The Balaban J connectivity index is 1.84. The summed E-state index contributed by atoms with van der Waals surface area (Å²) in [7, 11) is 1.60. The van der Waals surface area contributed by atoms with Crippen LogP contribution in [0.5, 0.6) is 0 Å². The van der Waals surface area contributed by atoms with Gasteiger partial charge in [-0.1, -0.05) is 18.8 Å². The van der Waals surface area contributed by atoms with E-state index in [1.807, 2.05) is 26.8 Å². The van der Waals surface area contributed by atoms with E-state index in [9.17, 15) is 14.7 Å². The highest BCUT2D eigenvalue weighted by Crippen LogP contribution is 2.37. The molecule has 206 valence electrons. The highest BCUT2D eigenvalue weighted by atomic mass is 32.1. The number of carboxylic acid groups (broad SMARTS) is 1. The van der Waals surface area contributed by atoms with E-state index in [1.165, 1.54) is 0 Å². The molecule has 1 heterocycles. The minimum Gasteiger partial charge on any atom is -0.477 e. The molecule has 1 aromatic rings. The number of hydrogen-bond acceptors (Lipinski definition) is 6. The quantitative estimate of drug-likeness (QED) is 0.321. The van der Waals surface area contributed by atoms with Crippen LogP contribution in [0.2, 0.25) is 0 Å². The number of nitrogens with zero attached hydrogens (tertiary/aromatic N) is 1. The second-order valence-corrected chi connectivity index (χ2v) is 12.8. The summed E-state index contributed by atoms with van der Waals surface area (Å²) in [6.07, 6.45) is 7.01. The number of carboxylic acids is 1. The Morgan fingerprint density at radius 3 is 2.35 bits per heavy atom. The van der Waals surface area contributed by atoms with E-state index in [0.717, 1.165) is 62.7 Å². The number of carbonyl (C=O) groups is 2. The van der Waals surface area contributed by atoms with Crippen molar-refractivity contribution in [2.45, 2.75) is 91.5 Å². The van der Waals surface area contributed by atoms with Crippen LogP contribution in [-0.2, 0) is 14.3 Å². The van der Waals surface area contributed by atoms with Gasteiger partial charge in [-0.05, 0) is 90.0 Å². The normalized spacial score (nSPS) is 25.1. The Morgan fingerprint density at radius 1 is 1.16 bits per heavy atom. The molecular weight excluding hydrogens is 488 g/mol. The Morgan fingerprint density at radius 2 is 1.81 bits per heavy atom. The van der Waals surface area contributed by atoms with Gasteiger partial charge in [-0.15, -0.1) is 11.3 Å². The van der Waals surface area contributed by atoms with E-state index < -0.39 is 12.3 Å². The molecule has 1 aromatic heterocycles. The highest BCUT2D eigenvalue weighted by Gasteiger charge is 2.34. The molecular formula is C29H44N2O5S. The topological polar surface area (TPSA) is 102 Å². The van der Waals surface area contributed by atoms with Crippen molar-refractivity contribution >= 4 is 28.9 Å². The van der Waals surface area contributed by atoms with Crippen molar-refractivity contribution in [1.82, 2.24) is 0 Å².